The average molecular weight is 587 g/mol. The number of thiazole rings is 1. The maximum absolute atomic E-state index is 14.1. The number of fused-ring (bicyclic) bond motifs is 1. The largest absolute Gasteiger partial charge is 0.490 e. The Labute approximate surface area is 246 Å². The van der Waals surface area contributed by atoms with Crippen LogP contribution in [0.25, 0.3) is 6.08 Å². The van der Waals surface area contributed by atoms with Crippen LogP contribution < -0.4 is 24.4 Å². The van der Waals surface area contributed by atoms with Crippen molar-refractivity contribution in [3.8, 4) is 11.5 Å². The number of nitrogens with zero attached hydrogens (tertiary/aromatic N) is 2. The molecule has 42 heavy (non-hydrogen) atoms. The van der Waals surface area contributed by atoms with Gasteiger partial charge in [0, 0.05) is 5.56 Å². The Hall–Kier alpha value is -4.50. The second-order valence-corrected chi connectivity index (χ2v) is 10.7. The second kappa shape index (κ2) is 12.6. The van der Waals surface area contributed by atoms with Crippen LogP contribution in [0.4, 0.5) is 4.39 Å². The first-order valence-electron chi connectivity index (χ1n) is 13.7. The molecule has 9 heteroatoms. The zero-order valence-electron chi connectivity index (χ0n) is 23.8. The lowest BCUT2D eigenvalue weighted by atomic mass is 9.95. The number of benzene rings is 3. The Morgan fingerprint density at radius 2 is 1.76 bits per heavy atom. The molecule has 1 atom stereocenters. The third-order valence-electron chi connectivity index (χ3n) is 6.82. The van der Waals surface area contributed by atoms with Crippen LogP contribution in [0.1, 0.15) is 49.1 Å². The fourth-order valence-corrected chi connectivity index (χ4v) is 5.83. The van der Waals surface area contributed by atoms with Gasteiger partial charge in [0.2, 0.25) is 0 Å². The molecule has 1 aromatic heterocycles. The molecular formula is C33H31FN2O5S. The monoisotopic (exact) mass is 586 g/mol. The minimum Gasteiger partial charge on any atom is -0.490 e. The summed E-state index contributed by atoms with van der Waals surface area (Å²) >= 11 is 1.25. The molecule has 0 amide bonds. The Kier molecular flexibility index (Phi) is 8.68. The second-order valence-electron chi connectivity index (χ2n) is 9.73. The molecule has 2 heterocycles. The van der Waals surface area contributed by atoms with Crippen LogP contribution in [-0.4, -0.2) is 23.8 Å². The first kappa shape index (κ1) is 29.0. The number of allylic oxidation sites excluding steroid dienone is 1. The van der Waals surface area contributed by atoms with Crippen molar-refractivity contribution in [1.29, 1.82) is 0 Å². The van der Waals surface area contributed by atoms with Crippen molar-refractivity contribution in [2.45, 2.75) is 40.3 Å². The van der Waals surface area contributed by atoms with Crippen LogP contribution in [0.3, 0.4) is 0 Å². The Bertz CT molecular complexity index is 1840. The van der Waals surface area contributed by atoms with E-state index in [1.165, 1.54) is 17.4 Å². The van der Waals surface area contributed by atoms with E-state index in [-0.39, 0.29) is 24.6 Å². The van der Waals surface area contributed by atoms with E-state index in [2.05, 4.69) is 4.99 Å². The van der Waals surface area contributed by atoms with Gasteiger partial charge in [-0.2, -0.15) is 0 Å². The lowest BCUT2D eigenvalue weighted by Crippen LogP contribution is -2.39. The molecule has 0 aliphatic carbocycles. The van der Waals surface area contributed by atoms with E-state index < -0.39 is 12.0 Å². The van der Waals surface area contributed by atoms with Crippen LogP contribution in [-0.2, 0) is 16.1 Å². The summed E-state index contributed by atoms with van der Waals surface area (Å²) in [6, 6.07) is 18.9. The average Bonchev–Trinajstić information content (AvgIpc) is 3.27. The molecule has 0 bridgehead atoms. The topological polar surface area (TPSA) is 79.1 Å². The highest BCUT2D eigenvalue weighted by Gasteiger charge is 2.33. The van der Waals surface area contributed by atoms with E-state index >= 15 is 0 Å². The zero-order chi connectivity index (χ0) is 29.8. The first-order valence-corrected chi connectivity index (χ1v) is 14.5. The maximum Gasteiger partial charge on any atom is 0.338 e. The van der Waals surface area contributed by atoms with Crippen molar-refractivity contribution in [3.05, 3.63) is 126 Å². The van der Waals surface area contributed by atoms with E-state index in [0.717, 1.165) is 16.7 Å². The van der Waals surface area contributed by atoms with E-state index in [1.54, 1.807) is 54.8 Å². The minimum absolute atomic E-state index is 0.0475. The molecule has 0 unspecified atom stereocenters. The molecule has 1 aliphatic rings. The fraction of sp³-hybridized carbons (Fsp3) is 0.242. The van der Waals surface area contributed by atoms with Gasteiger partial charge in [-0.3, -0.25) is 9.36 Å². The van der Waals surface area contributed by atoms with Gasteiger partial charge in [0.15, 0.2) is 16.3 Å². The standard InChI is InChI=1S/C33H31FN2O5S/c1-5-39-27-17-22(13-16-26(27)41-19-24-9-7-8-10-25(24)34)18-28-31(37)36-30(23-14-11-20(3)12-15-23)29(32(38)40-6-2)21(4)35-33(36)42-28/h7-18,30H,5-6,19H2,1-4H3/b28-18+/t30-/m1/s1. The van der Waals surface area contributed by atoms with Crippen LogP contribution in [0, 0.1) is 12.7 Å². The number of rotatable bonds is 9. The fourth-order valence-electron chi connectivity index (χ4n) is 4.78. The normalized spacial score (nSPS) is 14.8. The van der Waals surface area contributed by atoms with Gasteiger partial charge >= 0.3 is 5.97 Å². The van der Waals surface area contributed by atoms with Crippen LogP contribution in [0.2, 0.25) is 0 Å². The number of carbonyl (C=O) groups excluding carboxylic acids is 1. The summed E-state index contributed by atoms with van der Waals surface area (Å²) in [5.74, 6) is 0.111. The number of halogens is 1. The molecule has 7 nitrogen and oxygen atoms in total. The van der Waals surface area contributed by atoms with Crippen molar-refractivity contribution in [2.75, 3.05) is 13.2 Å². The predicted molar refractivity (Wildman–Crippen MR) is 160 cm³/mol. The molecule has 4 aromatic rings. The number of aromatic nitrogens is 1. The van der Waals surface area contributed by atoms with Crippen molar-refractivity contribution in [1.82, 2.24) is 4.57 Å². The van der Waals surface area contributed by atoms with E-state index in [9.17, 15) is 14.0 Å². The molecule has 0 radical (unpaired) electrons. The smallest absolute Gasteiger partial charge is 0.338 e. The molecular weight excluding hydrogens is 555 g/mol. The lowest BCUT2D eigenvalue weighted by Gasteiger charge is -2.24. The number of esters is 1. The van der Waals surface area contributed by atoms with Gasteiger partial charge < -0.3 is 14.2 Å². The van der Waals surface area contributed by atoms with Crippen molar-refractivity contribution in [2.24, 2.45) is 4.99 Å². The van der Waals surface area contributed by atoms with Gasteiger partial charge in [0.05, 0.1) is 35.1 Å². The third-order valence-corrected chi connectivity index (χ3v) is 7.80. The highest BCUT2D eigenvalue weighted by Crippen LogP contribution is 2.32. The Morgan fingerprint density at radius 3 is 2.48 bits per heavy atom. The molecule has 0 saturated carbocycles. The summed E-state index contributed by atoms with van der Waals surface area (Å²) < 4.78 is 33.2. The van der Waals surface area contributed by atoms with Crippen molar-refractivity contribution in [3.63, 3.8) is 0 Å². The highest BCUT2D eigenvalue weighted by atomic mass is 32.1. The molecule has 3 aromatic carbocycles. The highest BCUT2D eigenvalue weighted by molar-refractivity contribution is 7.07. The minimum atomic E-state index is -0.670. The van der Waals surface area contributed by atoms with Gasteiger partial charge in [-0.05, 0) is 63.1 Å². The van der Waals surface area contributed by atoms with Crippen molar-refractivity contribution < 1.29 is 23.4 Å². The summed E-state index contributed by atoms with van der Waals surface area (Å²) in [7, 11) is 0. The molecule has 0 fully saturated rings. The summed E-state index contributed by atoms with van der Waals surface area (Å²) in [4.78, 5) is 32.1. The Morgan fingerprint density at radius 1 is 1.00 bits per heavy atom. The number of carbonyl (C=O) groups is 1. The SMILES string of the molecule is CCOC(=O)C1=C(C)N=c2s/c(=C/c3ccc(OCc4ccccc4F)c(OCC)c3)c(=O)n2[C@@H]1c1ccc(C)cc1. The summed E-state index contributed by atoms with van der Waals surface area (Å²) in [5.41, 5.74) is 3.60. The number of ether oxygens (including phenoxy) is 3. The molecule has 216 valence electrons. The van der Waals surface area contributed by atoms with Gasteiger partial charge in [-0.15, -0.1) is 0 Å². The zero-order valence-corrected chi connectivity index (χ0v) is 24.7. The van der Waals surface area contributed by atoms with Gasteiger partial charge in [0.1, 0.15) is 12.4 Å². The molecule has 0 N–H and O–H groups in total. The van der Waals surface area contributed by atoms with E-state index in [1.807, 2.05) is 44.2 Å². The molecule has 0 saturated heterocycles. The van der Waals surface area contributed by atoms with Gasteiger partial charge in [0.25, 0.3) is 5.56 Å². The summed E-state index contributed by atoms with van der Waals surface area (Å²) in [6.07, 6.45) is 1.77. The Balaban J connectivity index is 1.55. The predicted octanol–water partition coefficient (Wildman–Crippen LogP) is 5.22. The molecule has 0 spiro atoms. The van der Waals surface area contributed by atoms with Crippen LogP contribution in [0.15, 0.2) is 87.8 Å². The number of hydrogen-bond donors (Lipinski definition) is 0. The van der Waals surface area contributed by atoms with Crippen LogP contribution >= 0.6 is 11.3 Å². The van der Waals surface area contributed by atoms with E-state index in [4.69, 9.17) is 14.2 Å². The van der Waals surface area contributed by atoms with E-state index in [0.29, 0.717) is 44.3 Å². The number of aryl methyl sites for hydroxylation is 1. The van der Waals surface area contributed by atoms with Gasteiger partial charge in [-0.25, -0.2) is 14.2 Å². The summed E-state index contributed by atoms with van der Waals surface area (Å²) in [6.45, 7) is 8.01. The number of hydrogen-bond acceptors (Lipinski definition) is 7. The van der Waals surface area contributed by atoms with Gasteiger partial charge in [-0.1, -0.05) is 65.4 Å². The third kappa shape index (κ3) is 5.92. The van der Waals surface area contributed by atoms with Crippen molar-refractivity contribution >= 4 is 23.4 Å². The first-order chi connectivity index (χ1) is 20.3. The quantitative estimate of drug-likeness (QED) is 0.251. The molecule has 1 aliphatic heterocycles. The lowest BCUT2D eigenvalue weighted by molar-refractivity contribution is -0.139. The summed E-state index contributed by atoms with van der Waals surface area (Å²) in [5, 5.41) is 0. The maximum atomic E-state index is 14.1. The molecule has 5 rings (SSSR count). The van der Waals surface area contributed by atoms with Crippen LogP contribution in [0.5, 0.6) is 11.5 Å².